The van der Waals surface area contributed by atoms with Crippen LogP contribution >= 0.6 is 0 Å². The minimum absolute atomic E-state index is 0. The van der Waals surface area contributed by atoms with Gasteiger partial charge in [0.05, 0.1) is 5.76 Å². The van der Waals surface area contributed by atoms with Crippen LogP contribution < -0.4 is 4.40 Å². The van der Waals surface area contributed by atoms with Gasteiger partial charge in [0.2, 0.25) is 0 Å². The average molecular weight is 702 g/mol. The molecule has 1 N–H and O–H groups in total. The van der Waals surface area contributed by atoms with Crippen LogP contribution in [0.1, 0.15) is 25.0 Å². The largest absolute Gasteiger partial charge is 0 e. The van der Waals surface area contributed by atoms with Gasteiger partial charge in [0.1, 0.15) is 0 Å². The Kier molecular flexibility index (Phi) is 9.57. The second-order valence-electron chi connectivity index (χ2n) is 9.45. The minimum Gasteiger partial charge on any atom is 0 e. The van der Waals surface area contributed by atoms with Crippen molar-refractivity contribution < 1.29 is 30.0 Å². The Balaban J connectivity index is 0.000000476. The number of hydrogen-bond acceptors (Lipinski definition) is 4. The number of pyridine rings is 1. The summed E-state index contributed by atoms with van der Waals surface area (Å²) >= 11 is -2.00. The maximum absolute atomic E-state index is 10.0. The van der Waals surface area contributed by atoms with Crippen molar-refractivity contribution in [3.63, 3.8) is 0 Å². The quantitative estimate of drug-likeness (QED) is 0.113. The summed E-state index contributed by atoms with van der Waals surface area (Å²) in [6.07, 6.45) is 3.02. The number of aliphatic hydroxyl groups excluding tert-OH is 1. The molecule has 35 heavy (non-hydrogen) atoms. The summed E-state index contributed by atoms with van der Waals surface area (Å²) in [6, 6.07) is 22.3. The number of aliphatic hydroxyl groups is 1. The summed E-state index contributed by atoms with van der Waals surface area (Å²) in [5.74, 6) is 7.19. The summed E-state index contributed by atoms with van der Waals surface area (Å²) in [6.45, 7) is 5.06. The van der Waals surface area contributed by atoms with Gasteiger partial charge in [-0.25, -0.2) is 0 Å². The molecule has 181 valence electrons. The van der Waals surface area contributed by atoms with Crippen LogP contribution in [0.25, 0.3) is 32.8 Å². The van der Waals surface area contributed by atoms with Crippen molar-refractivity contribution in [2.75, 3.05) is 0 Å². The summed E-state index contributed by atoms with van der Waals surface area (Å²) in [4.78, 5) is 14.7. The number of carbonyl (C=O) groups excluding carboxylic acids is 1. The number of aryl methyl sites for hydroxylation is 1. The van der Waals surface area contributed by atoms with Crippen molar-refractivity contribution in [3.8, 4) is 17.3 Å². The van der Waals surface area contributed by atoms with E-state index in [0.717, 1.165) is 27.4 Å². The molecule has 0 fully saturated rings. The average Bonchev–Trinajstić information content (AvgIpc) is 2.76. The standard InChI is InChI=1S/C24H21GeN2.C5H8O2.Ir/c1-16-11-18-9-10-27-24(22(18)14-23(16)25(2,3)4)19-12-17-7-5-6-8-21(17)20(13-19)15-26;1-4(6)3-5(2)7;/h5-11,13-14H,1-4H3;3,6H,1-2H3;/q-1;;/b;4-3-;. The smallest absolute Gasteiger partial charge is 0 e. The number of aromatic nitrogens is 1. The Hall–Kier alpha value is -2.78. The number of benzene rings is 3. The van der Waals surface area contributed by atoms with Crippen molar-refractivity contribution in [2.45, 2.75) is 38.0 Å². The van der Waals surface area contributed by atoms with E-state index in [0.29, 0.717) is 5.56 Å². The fourth-order valence-corrected chi connectivity index (χ4v) is 7.95. The first-order chi connectivity index (χ1) is 16.0. The normalized spacial score (nSPS) is 11.3. The molecule has 1 radical (unpaired) electrons. The minimum atomic E-state index is -2.00. The monoisotopic (exact) mass is 704 g/mol. The van der Waals surface area contributed by atoms with Gasteiger partial charge < -0.3 is 5.11 Å². The van der Waals surface area contributed by atoms with E-state index < -0.39 is 13.3 Å². The molecule has 3 aromatic carbocycles. The van der Waals surface area contributed by atoms with E-state index in [4.69, 9.17) is 10.1 Å². The molecule has 0 bridgehead atoms. The predicted octanol–water partition coefficient (Wildman–Crippen LogP) is 6.62. The zero-order valence-electron chi connectivity index (χ0n) is 20.9. The molecule has 0 aliphatic heterocycles. The first-order valence-corrected chi connectivity index (χ1v) is 18.5. The van der Waals surface area contributed by atoms with E-state index in [1.54, 1.807) is 0 Å². The van der Waals surface area contributed by atoms with Crippen LogP contribution in [0.5, 0.6) is 0 Å². The number of rotatable bonds is 3. The maximum Gasteiger partial charge on any atom is 0 e. The Morgan fingerprint density at radius 2 is 1.77 bits per heavy atom. The molecule has 4 rings (SSSR count). The van der Waals surface area contributed by atoms with Crippen LogP contribution in [0, 0.1) is 24.3 Å². The second kappa shape index (κ2) is 11.8. The van der Waals surface area contributed by atoms with E-state index in [-0.39, 0.29) is 31.6 Å². The molecule has 0 aliphatic rings. The number of fused-ring (bicyclic) bond motifs is 2. The van der Waals surface area contributed by atoms with E-state index >= 15 is 0 Å². The number of carbonyl (C=O) groups is 1. The molecular formula is C29H29GeIrN2O2-. The van der Waals surface area contributed by atoms with Gasteiger partial charge in [-0.3, -0.25) is 4.79 Å². The third kappa shape index (κ3) is 6.89. The number of nitriles is 1. The fraction of sp³-hybridized carbons (Fsp3) is 0.207. The van der Waals surface area contributed by atoms with Gasteiger partial charge in [0.25, 0.3) is 0 Å². The molecule has 0 saturated heterocycles. The predicted molar refractivity (Wildman–Crippen MR) is 143 cm³/mol. The molecule has 4 nitrogen and oxygen atoms in total. The SMILES string of the molecule is CC(=O)/C=C(/C)O.Cc1cc2ccnc(-c3[c-]c4ccccc4c(C#N)c3)c2c[c]1[Ge]([CH3])([CH3])[CH3].[Ir]. The molecule has 0 amide bonds. The van der Waals surface area contributed by atoms with E-state index in [1.807, 2.05) is 36.5 Å². The zero-order chi connectivity index (χ0) is 25.0. The summed E-state index contributed by atoms with van der Waals surface area (Å²) < 4.78 is 1.50. The van der Waals surface area contributed by atoms with E-state index in [2.05, 4.69) is 54.5 Å². The molecule has 1 heterocycles. The van der Waals surface area contributed by atoms with Crippen LogP contribution in [-0.2, 0) is 24.9 Å². The molecule has 1 aromatic heterocycles. The van der Waals surface area contributed by atoms with Gasteiger partial charge in [-0.05, 0) is 13.8 Å². The molecular weight excluding hydrogens is 673 g/mol. The van der Waals surface area contributed by atoms with Gasteiger partial charge in [-0.1, -0.05) is 0 Å². The van der Waals surface area contributed by atoms with Gasteiger partial charge in [0, 0.05) is 26.2 Å². The number of hydrogen-bond donors (Lipinski definition) is 1. The van der Waals surface area contributed by atoms with Crippen LogP contribution in [0.3, 0.4) is 0 Å². The van der Waals surface area contributed by atoms with Crippen LogP contribution in [-0.4, -0.2) is 29.1 Å². The molecule has 0 saturated carbocycles. The molecule has 6 heteroatoms. The molecule has 0 aliphatic carbocycles. The number of nitrogens with zero attached hydrogens (tertiary/aromatic N) is 2. The van der Waals surface area contributed by atoms with E-state index in [1.165, 1.54) is 35.3 Å². The number of ketones is 1. The Labute approximate surface area is 223 Å². The van der Waals surface area contributed by atoms with Gasteiger partial charge in [-0.2, -0.15) is 0 Å². The van der Waals surface area contributed by atoms with Crippen LogP contribution in [0.15, 0.2) is 66.6 Å². The third-order valence-electron chi connectivity index (χ3n) is 5.48. The van der Waals surface area contributed by atoms with Gasteiger partial charge in [0.15, 0.2) is 5.78 Å². The van der Waals surface area contributed by atoms with Crippen molar-refractivity contribution in [1.82, 2.24) is 4.98 Å². The van der Waals surface area contributed by atoms with Crippen molar-refractivity contribution in [3.05, 3.63) is 83.8 Å². The van der Waals surface area contributed by atoms with Crippen LogP contribution in [0.4, 0.5) is 0 Å². The molecule has 4 aromatic rings. The first-order valence-electron chi connectivity index (χ1n) is 11.1. The second-order valence-corrected chi connectivity index (χ2v) is 20.0. The van der Waals surface area contributed by atoms with Crippen molar-refractivity contribution in [2.24, 2.45) is 0 Å². The third-order valence-corrected chi connectivity index (χ3v) is 10.0. The van der Waals surface area contributed by atoms with Crippen molar-refractivity contribution in [1.29, 1.82) is 5.26 Å². The van der Waals surface area contributed by atoms with Gasteiger partial charge >= 0.3 is 163 Å². The molecule has 0 atom stereocenters. The summed E-state index contributed by atoms with van der Waals surface area (Å²) in [5, 5.41) is 22.2. The molecule has 0 unspecified atom stereocenters. The van der Waals surface area contributed by atoms with Crippen molar-refractivity contribution >= 4 is 45.0 Å². The number of allylic oxidation sites excluding steroid dienone is 2. The van der Waals surface area contributed by atoms with E-state index in [9.17, 15) is 10.1 Å². The summed E-state index contributed by atoms with van der Waals surface area (Å²) in [5.41, 5.74) is 3.82. The first kappa shape index (κ1) is 28.5. The topological polar surface area (TPSA) is 74.0 Å². The Bertz CT molecular complexity index is 1460. The fourth-order valence-electron chi connectivity index (χ4n) is 4.10. The Morgan fingerprint density at radius 3 is 2.34 bits per heavy atom. The zero-order valence-corrected chi connectivity index (χ0v) is 25.3. The van der Waals surface area contributed by atoms with Crippen LogP contribution in [0.2, 0.25) is 17.3 Å². The Morgan fingerprint density at radius 1 is 1.09 bits per heavy atom. The summed E-state index contributed by atoms with van der Waals surface area (Å²) in [7, 11) is 0. The maximum atomic E-state index is 10.0. The molecule has 0 spiro atoms. The van der Waals surface area contributed by atoms with Gasteiger partial charge in [-0.15, -0.1) is 0 Å².